The number of ether oxygens (including phenoxy) is 3. The maximum Gasteiger partial charge on any atom is 0.326 e. The van der Waals surface area contributed by atoms with Gasteiger partial charge in [-0.25, -0.2) is 0 Å². The van der Waals surface area contributed by atoms with Crippen molar-refractivity contribution in [3.8, 4) is 5.75 Å². The zero-order chi connectivity index (χ0) is 29.4. The standard InChI is InChI=1S/C33H36N2O5S/c1-23-9-8-10-25(19-23)21-34(24(2)20-32(36)39-4)30-17-18-31(29-12-7-6-11-28(29)30)35(22-33(37)40-5)41-27-15-13-26(38-3)14-16-27/h6-19,24H,20-22H2,1-5H3/t24-/m0/s1. The van der Waals surface area contributed by atoms with Gasteiger partial charge in [-0.3, -0.25) is 9.59 Å². The van der Waals surface area contributed by atoms with Crippen LogP contribution in [-0.4, -0.2) is 45.9 Å². The summed E-state index contributed by atoms with van der Waals surface area (Å²) in [7, 11) is 4.44. The van der Waals surface area contributed by atoms with E-state index in [1.165, 1.54) is 31.7 Å². The Bertz CT molecular complexity index is 1490. The molecule has 7 nitrogen and oxygen atoms in total. The van der Waals surface area contributed by atoms with Gasteiger partial charge in [0, 0.05) is 33.9 Å². The number of hydrogen-bond acceptors (Lipinski definition) is 8. The van der Waals surface area contributed by atoms with Gasteiger partial charge < -0.3 is 23.4 Å². The number of carbonyl (C=O) groups excluding carboxylic acids is 2. The Morgan fingerprint density at radius 3 is 2.10 bits per heavy atom. The summed E-state index contributed by atoms with van der Waals surface area (Å²) in [5.74, 6) is 0.165. The summed E-state index contributed by atoms with van der Waals surface area (Å²) >= 11 is 1.46. The quantitative estimate of drug-likeness (QED) is 0.136. The fourth-order valence-corrected chi connectivity index (χ4v) is 5.71. The summed E-state index contributed by atoms with van der Waals surface area (Å²) in [5.41, 5.74) is 4.20. The molecule has 0 aliphatic heterocycles. The molecule has 8 heteroatoms. The molecule has 0 unspecified atom stereocenters. The lowest BCUT2D eigenvalue weighted by molar-refractivity contribution is -0.141. The van der Waals surface area contributed by atoms with Gasteiger partial charge in [0.05, 0.1) is 33.4 Å². The Morgan fingerprint density at radius 1 is 0.805 bits per heavy atom. The first kappa shape index (κ1) is 29.8. The van der Waals surface area contributed by atoms with Gasteiger partial charge in [-0.05, 0) is 67.8 Å². The Kier molecular flexibility index (Phi) is 10.1. The first-order valence-electron chi connectivity index (χ1n) is 13.4. The second-order valence-corrected chi connectivity index (χ2v) is 10.9. The number of benzene rings is 4. The molecule has 4 aromatic carbocycles. The summed E-state index contributed by atoms with van der Waals surface area (Å²) in [5, 5.41) is 1.99. The van der Waals surface area contributed by atoms with Crippen molar-refractivity contribution in [2.75, 3.05) is 37.1 Å². The number of methoxy groups -OCH3 is 3. The van der Waals surface area contributed by atoms with Crippen molar-refractivity contribution in [3.05, 3.63) is 96.1 Å². The van der Waals surface area contributed by atoms with Crippen LogP contribution < -0.4 is 13.9 Å². The van der Waals surface area contributed by atoms with Crippen molar-refractivity contribution in [3.63, 3.8) is 0 Å². The van der Waals surface area contributed by atoms with Crippen LogP contribution in [0.3, 0.4) is 0 Å². The van der Waals surface area contributed by atoms with Crippen LogP contribution in [0, 0.1) is 6.92 Å². The molecule has 0 aliphatic rings. The number of aryl methyl sites for hydroxylation is 1. The predicted molar refractivity (Wildman–Crippen MR) is 166 cm³/mol. The summed E-state index contributed by atoms with van der Waals surface area (Å²) < 4.78 is 17.3. The summed E-state index contributed by atoms with van der Waals surface area (Å²) in [6.45, 7) is 4.79. The molecule has 0 saturated heterocycles. The minimum Gasteiger partial charge on any atom is -0.497 e. The SMILES string of the molecule is COC(=O)C[C@H](C)N(Cc1cccc(C)c1)c1ccc(N(CC(=O)OC)Sc2ccc(OC)cc2)c2ccccc12. The van der Waals surface area contributed by atoms with Crippen LogP contribution in [0.5, 0.6) is 5.75 Å². The van der Waals surface area contributed by atoms with E-state index in [9.17, 15) is 9.59 Å². The third kappa shape index (κ3) is 7.52. The molecular weight excluding hydrogens is 536 g/mol. The lowest BCUT2D eigenvalue weighted by atomic mass is 10.0. The van der Waals surface area contributed by atoms with E-state index < -0.39 is 0 Å². The lowest BCUT2D eigenvalue weighted by Crippen LogP contribution is -2.35. The molecule has 214 valence electrons. The maximum atomic E-state index is 12.5. The van der Waals surface area contributed by atoms with Crippen molar-refractivity contribution in [2.24, 2.45) is 0 Å². The van der Waals surface area contributed by atoms with E-state index in [2.05, 4.69) is 54.3 Å². The molecule has 4 aromatic rings. The van der Waals surface area contributed by atoms with Gasteiger partial charge in [0.15, 0.2) is 0 Å². The monoisotopic (exact) mass is 572 g/mol. The zero-order valence-electron chi connectivity index (χ0n) is 24.1. The first-order chi connectivity index (χ1) is 19.8. The molecular formula is C33H36N2O5S. The van der Waals surface area contributed by atoms with Crippen molar-refractivity contribution in [1.29, 1.82) is 0 Å². The van der Waals surface area contributed by atoms with E-state index in [1.54, 1.807) is 7.11 Å². The van der Waals surface area contributed by atoms with Crippen molar-refractivity contribution < 1.29 is 23.8 Å². The van der Waals surface area contributed by atoms with Crippen LogP contribution >= 0.6 is 11.9 Å². The number of carbonyl (C=O) groups is 2. The van der Waals surface area contributed by atoms with Gasteiger partial charge in [-0.15, -0.1) is 0 Å². The molecule has 0 fully saturated rings. The topological polar surface area (TPSA) is 68.3 Å². The van der Waals surface area contributed by atoms with Crippen LogP contribution in [0.1, 0.15) is 24.5 Å². The number of fused-ring (bicyclic) bond motifs is 1. The van der Waals surface area contributed by atoms with E-state index in [0.717, 1.165) is 38.4 Å². The largest absolute Gasteiger partial charge is 0.497 e. The molecule has 41 heavy (non-hydrogen) atoms. The van der Waals surface area contributed by atoms with Crippen molar-refractivity contribution >= 4 is 46.0 Å². The maximum absolute atomic E-state index is 12.5. The number of nitrogens with zero attached hydrogens (tertiary/aromatic N) is 2. The van der Waals surface area contributed by atoms with E-state index >= 15 is 0 Å². The van der Waals surface area contributed by atoms with Crippen LogP contribution in [0.25, 0.3) is 10.8 Å². The smallest absolute Gasteiger partial charge is 0.326 e. The number of anilines is 2. The normalized spacial score (nSPS) is 11.5. The lowest BCUT2D eigenvalue weighted by Gasteiger charge is -2.33. The van der Waals surface area contributed by atoms with Crippen LogP contribution in [-0.2, 0) is 25.6 Å². The Labute approximate surface area is 246 Å². The zero-order valence-corrected chi connectivity index (χ0v) is 24.9. The highest BCUT2D eigenvalue weighted by molar-refractivity contribution is 8.00. The number of rotatable bonds is 12. The second-order valence-electron chi connectivity index (χ2n) is 9.78. The average molecular weight is 573 g/mol. The molecule has 0 spiro atoms. The molecule has 0 radical (unpaired) electrons. The third-order valence-corrected chi connectivity index (χ3v) is 7.92. The van der Waals surface area contributed by atoms with Gasteiger partial charge >= 0.3 is 11.9 Å². The van der Waals surface area contributed by atoms with Gasteiger partial charge in [-0.2, -0.15) is 0 Å². The highest BCUT2D eigenvalue weighted by Gasteiger charge is 2.23. The van der Waals surface area contributed by atoms with E-state index in [1.807, 2.05) is 53.7 Å². The van der Waals surface area contributed by atoms with E-state index in [4.69, 9.17) is 14.2 Å². The minimum atomic E-state index is -0.341. The Balaban J connectivity index is 1.79. The van der Waals surface area contributed by atoms with Crippen LogP contribution in [0.2, 0.25) is 0 Å². The summed E-state index contributed by atoms with van der Waals surface area (Å²) in [6, 6.07) is 28.2. The summed E-state index contributed by atoms with van der Waals surface area (Å²) in [4.78, 5) is 28.0. The van der Waals surface area contributed by atoms with Crippen molar-refractivity contribution in [2.45, 2.75) is 37.8 Å². The van der Waals surface area contributed by atoms with Gasteiger partial charge in [-0.1, -0.05) is 54.1 Å². The van der Waals surface area contributed by atoms with E-state index in [0.29, 0.717) is 6.54 Å². The molecule has 0 N–H and O–H groups in total. The molecule has 0 saturated carbocycles. The molecule has 0 bridgehead atoms. The third-order valence-electron chi connectivity index (χ3n) is 6.89. The second kappa shape index (κ2) is 13.9. The van der Waals surface area contributed by atoms with Crippen LogP contribution in [0.15, 0.2) is 89.8 Å². The Morgan fingerprint density at radius 2 is 1.46 bits per heavy atom. The van der Waals surface area contributed by atoms with Gasteiger partial charge in [0.1, 0.15) is 12.3 Å². The van der Waals surface area contributed by atoms with E-state index in [-0.39, 0.29) is 30.9 Å². The average Bonchev–Trinajstić information content (AvgIpc) is 2.99. The highest BCUT2D eigenvalue weighted by atomic mass is 32.2. The highest BCUT2D eigenvalue weighted by Crippen LogP contribution is 2.40. The number of hydrogen-bond donors (Lipinski definition) is 0. The van der Waals surface area contributed by atoms with Crippen LogP contribution in [0.4, 0.5) is 11.4 Å². The first-order valence-corrected chi connectivity index (χ1v) is 14.2. The fraction of sp³-hybridized carbons (Fsp3) is 0.273. The molecule has 0 aliphatic carbocycles. The fourth-order valence-electron chi connectivity index (χ4n) is 4.77. The molecule has 1 atom stereocenters. The summed E-state index contributed by atoms with van der Waals surface area (Å²) in [6.07, 6.45) is 0.250. The number of esters is 2. The molecule has 4 rings (SSSR count). The predicted octanol–water partition coefficient (Wildman–Crippen LogP) is 6.80. The Hall–Kier alpha value is -4.17. The van der Waals surface area contributed by atoms with Crippen molar-refractivity contribution in [1.82, 2.24) is 0 Å². The minimum absolute atomic E-state index is 0.0578. The van der Waals surface area contributed by atoms with Gasteiger partial charge in [0.2, 0.25) is 0 Å². The molecule has 0 aromatic heterocycles. The molecule has 0 amide bonds. The molecule has 0 heterocycles. The van der Waals surface area contributed by atoms with Gasteiger partial charge in [0.25, 0.3) is 0 Å².